The summed E-state index contributed by atoms with van der Waals surface area (Å²) < 4.78 is 5.11. The van der Waals surface area contributed by atoms with E-state index in [9.17, 15) is 4.79 Å². The molecule has 2 unspecified atom stereocenters. The Hall–Kier alpha value is -1.51. The van der Waals surface area contributed by atoms with Gasteiger partial charge in [-0.05, 0) is 49.3 Å². The van der Waals surface area contributed by atoms with E-state index in [0.717, 1.165) is 31.4 Å². The molecule has 1 aromatic rings. The van der Waals surface area contributed by atoms with E-state index in [0.29, 0.717) is 5.92 Å². The van der Waals surface area contributed by atoms with Crippen LogP contribution in [-0.4, -0.2) is 18.2 Å². The van der Waals surface area contributed by atoms with Crippen LogP contribution in [0.2, 0.25) is 0 Å². The molecule has 0 aliphatic heterocycles. The third-order valence-electron chi connectivity index (χ3n) is 3.57. The van der Waals surface area contributed by atoms with E-state index in [4.69, 9.17) is 9.84 Å². The Kier molecular flexibility index (Phi) is 3.67. The highest BCUT2D eigenvalue weighted by Gasteiger charge is 2.29. The van der Waals surface area contributed by atoms with Gasteiger partial charge in [0.25, 0.3) is 0 Å². The minimum absolute atomic E-state index is 0.127. The number of carboxylic acid groups (broad SMARTS) is 1. The molecule has 0 saturated heterocycles. The number of carboxylic acids is 1. The largest absolute Gasteiger partial charge is 0.497 e. The molecule has 1 aromatic carbocycles. The van der Waals surface area contributed by atoms with Crippen molar-refractivity contribution < 1.29 is 14.6 Å². The molecule has 0 spiro atoms. The highest BCUT2D eigenvalue weighted by molar-refractivity contribution is 5.70. The van der Waals surface area contributed by atoms with Gasteiger partial charge in [0.15, 0.2) is 0 Å². The Balaban J connectivity index is 1.91. The van der Waals surface area contributed by atoms with Crippen molar-refractivity contribution in [1.29, 1.82) is 0 Å². The Labute approximate surface area is 101 Å². The van der Waals surface area contributed by atoms with Gasteiger partial charge in [-0.25, -0.2) is 0 Å². The maximum atomic E-state index is 10.9. The topological polar surface area (TPSA) is 46.5 Å². The standard InChI is InChI=1S/C14H18O3/c1-17-13-6-3-10(4-7-13)8-11-2-5-12(9-11)14(15)16/h3-4,6-7,11-12H,2,5,8-9H2,1H3,(H,15,16). The van der Waals surface area contributed by atoms with Crippen LogP contribution in [0.25, 0.3) is 0 Å². The second kappa shape index (κ2) is 5.21. The van der Waals surface area contributed by atoms with Gasteiger partial charge in [-0.2, -0.15) is 0 Å². The molecule has 0 aromatic heterocycles. The molecule has 0 radical (unpaired) electrons. The molecule has 1 N–H and O–H groups in total. The Morgan fingerprint density at radius 2 is 2.06 bits per heavy atom. The van der Waals surface area contributed by atoms with Gasteiger partial charge in [0.1, 0.15) is 5.75 Å². The fourth-order valence-corrected chi connectivity index (χ4v) is 2.58. The molecular weight excluding hydrogens is 216 g/mol. The first-order valence-corrected chi connectivity index (χ1v) is 6.04. The van der Waals surface area contributed by atoms with Gasteiger partial charge >= 0.3 is 5.97 Å². The van der Waals surface area contributed by atoms with Crippen LogP contribution in [0.1, 0.15) is 24.8 Å². The quantitative estimate of drug-likeness (QED) is 0.871. The summed E-state index contributed by atoms with van der Waals surface area (Å²) in [5.74, 6) is 0.619. The van der Waals surface area contributed by atoms with Crippen LogP contribution in [-0.2, 0) is 11.2 Å². The molecule has 1 aliphatic carbocycles. The molecule has 1 aliphatic rings. The molecule has 0 bridgehead atoms. The summed E-state index contributed by atoms with van der Waals surface area (Å²) in [5, 5.41) is 8.95. The Morgan fingerprint density at radius 1 is 1.35 bits per heavy atom. The second-order valence-corrected chi connectivity index (χ2v) is 4.77. The molecule has 17 heavy (non-hydrogen) atoms. The molecular formula is C14H18O3. The molecule has 3 nitrogen and oxygen atoms in total. The summed E-state index contributed by atoms with van der Waals surface area (Å²) in [6, 6.07) is 8.04. The fraction of sp³-hybridized carbons (Fsp3) is 0.500. The second-order valence-electron chi connectivity index (χ2n) is 4.77. The molecule has 92 valence electrons. The average molecular weight is 234 g/mol. The number of aliphatic carboxylic acids is 1. The third kappa shape index (κ3) is 2.99. The van der Waals surface area contributed by atoms with Gasteiger partial charge in [-0.15, -0.1) is 0 Å². The highest BCUT2D eigenvalue weighted by Crippen LogP contribution is 2.33. The predicted molar refractivity (Wildman–Crippen MR) is 65.2 cm³/mol. The van der Waals surface area contributed by atoms with Crippen LogP contribution in [0.3, 0.4) is 0 Å². The van der Waals surface area contributed by atoms with Crippen LogP contribution < -0.4 is 4.74 Å². The summed E-state index contributed by atoms with van der Waals surface area (Å²) in [6.45, 7) is 0. The average Bonchev–Trinajstić information content (AvgIpc) is 2.79. The van der Waals surface area contributed by atoms with Crippen LogP contribution in [0, 0.1) is 11.8 Å². The number of hydrogen-bond donors (Lipinski definition) is 1. The number of carbonyl (C=O) groups is 1. The van der Waals surface area contributed by atoms with Gasteiger partial charge in [0.2, 0.25) is 0 Å². The number of benzene rings is 1. The van der Waals surface area contributed by atoms with E-state index in [-0.39, 0.29) is 5.92 Å². The molecule has 2 atom stereocenters. The van der Waals surface area contributed by atoms with Gasteiger partial charge in [-0.1, -0.05) is 12.1 Å². The van der Waals surface area contributed by atoms with Crippen molar-refractivity contribution in [3.63, 3.8) is 0 Å². The number of rotatable bonds is 4. The van der Waals surface area contributed by atoms with Crippen LogP contribution in [0.15, 0.2) is 24.3 Å². The highest BCUT2D eigenvalue weighted by atomic mass is 16.5. The predicted octanol–water partition coefficient (Wildman–Crippen LogP) is 2.74. The van der Waals surface area contributed by atoms with Crippen LogP contribution in [0.4, 0.5) is 0 Å². The summed E-state index contributed by atoms with van der Waals surface area (Å²) in [5.41, 5.74) is 1.27. The molecule has 1 saturated carbocycles. The first kappa shape index (κ1) is 12.0. The summed E-state index contributed by atoms with van der Waals surface area (Å²) in [7, 11) is 1.66. The van der Waals surface area contributed by atoms with Crippen molar-refractivity contribution >= 4 is 5.97 Å². The molecule has 3 heteroatoms. The fourth-order valence-electron chi connectivity index (χ4n) is 2.58. The zero-order chi connectivity index (χ0) is 12.3. The lowest BCUT2D eigenvalue weighted by molar-refractivity contribution is -0.141. The van der Waals surface area contributed by atoms with Gasteiger partial charge in [0.05, 0.1) is 13.0 Å². The van der Waals surface area contributed by atoms with Crippen molar-refractivity contribution in [2.45, 2.75) is 25.7 Å². The third-order valence-corrected chi connectivity index (χ3v) is 3.57. The molecule has 2 rings (SSSR count). The van der Waals surface area contributed by atoms with E-state index < -0.39 is 5.97 Å². The molecule has 1 fully saturated rings. The van der Waals surface area contributed by atoms with E-state index in [2.05, 4.69) is 12.1 Å². The Morgan fingerprint density at radius 3 is 2.59 bits per heavy atom. The van der Waals surface area contributed by atoms with E-state index >= 15 is 0 Å². The van der Waals surface area contributed by atoms with Gasteiger partial charge < -0.3 is 9.84 Å². The molecule has 0 heterocycles. The van der Waals surface area contributed by atoms with E-state index in [1.54, 1.807) is 7.11 Å². The van der Waals surface area contributed by atoms with E-state index in [1.807, 2.05) is 12.1 Å². The SMILES string of the molecule is COc1ccc(CC2CCC(C(=O)O)C2)cc1. The summed E-state index contributed by atoms with van der Waals surface area (Å²) in [6.07, 6.45) is 3.66. The van der Waals surface area contributed by atoms with Crippen molar-refractivity contribution in [3.8, 4) is 5.75 Å². The van der Waals surface area contributed by atoms with Crippen molar-refractivity contribution in [1.82, 2.24) is 0 Å². The lowest BCUT2D eigenvalue weighted by Crippen LogP contribution is -2.10. The number of methoxy groups -OCH3 is 1. The smallest absolute Gasteiger partial charge is 0.306 e. The maximum absolute atomic E-state index is 10.9. The van der Waals surface area contributed by atoms with Crippen LogP contribution in [0.5, 0.6) is 5.75 Å². The van der Waals surface area contributed by atoms with Gasteiger partial charge in [0, 0.05) is 0 Å². The summed E-state index contributed by atoms with van der Waals surface area (Å²) >= 11 is 0. The van der Waals surface area contributed by atoms with Crippen molar-refractivity contribution in [2.24, 2.45) is 11.8 Å². The lowest BCUT2D eigenvalue weighted by atomic mass is 9.97. The Bertz CT molecular complexity index is 383. The zero-order valence-corrected chi connectivity index (χ0v) is 10.1. The van der Waals surface area contributed by atoms with Crippen LogP contribution >= 0.6 is 0 Å². The number of hydrogen-bond acceptors (Lipinski definition) is 2. The minimum Gasteiger partial charge on any atom is -0.497 e. The normalized spacial score (nSPS) is 23.6. The first-order valence-electron chi connectivity index (χ1n) is 6.04. The molecule has 0 amide bonds. The maximum Gasteiger partial charge on any atom is 0.306 e. The van der Waals surface area contributed by atoms with Crippen molar-refractivity contribution in [2.75, 3.05) is 7.11 Å². The van der Waals surface area contributed by atoms with E-state index in [1.165, 1.54) is 5.56 Å². The number of ether oxygens (including phenoxy) is 1. The first-order chi connectivity index (χ1) is 8.19. The summed E-state index contributed by atoms with van der Waals surface area (Å²) in [4.78, 5) is 10.9. The van der Waals surface area contributed by atoms with Gasteiger partial charge in [-0.3, -0.25) is 4.79 Å². The van der Waals surface area contributed by atoms with Crippen molar-refractivity contribution in [3.05, 3.63) is 29.8 Å². The lowest BCUT2D eigenvalue weighted by Gasteiger charge is -2.10. The minimum atomic E-state index is -0.637. The zero-order valence-electron chi connectivity index (χ0n) is 10.1. The monoisotopic (exact) mass is 234 g/mol.